The number of quaternary nitrogens is 1. The van der Waals surface area contributed by atoms with E-state index in [0.717, 1.165) is 17.0 Å². The van der Waals surface area contributed by atoms with Gasteiger partial charge in [-0.2, -0.15) is 0 Å². The maximum Gasteiger partial charge on any atom is 0.315 e. The van der Waals surface area contributed by atoms with Crippen molar-refractivity contribution in [1.82, 2.24) is 9.80 Å². The second kappa shape index (κ2) is 5.13. The Morgan fingerprint density at radius 1 is 1.39 bits per heavy atom. The predicted molar refractivity (Wildman–Crippen MR) is 83.8 cm³/mol. The molecular formula is C14H22N4O4S. The molecule has 2 N–H and O–H groups in total. The van der Waals surface area contributed by atoms with Crippen LogP contribution in [0.2, 0.25) is 0 Å². The zero-order chi connectivity index (χ0) is 17.0. The number of carbonyl (C=O) groups excluding carboxylic acids is 3. The lowest BCUT2D eigenvalue weighted by Crippen LogP contribution is -2.68. The van der Waals surface area contributed by atoms with Crippen molar-refractivity contribution in [2.24, 2.45) is 5.73 Å². The third-order valence-corrected chi connectivity index (χ3v) is 10.3. The van der Waals surface area contributed by atoms with Crippen LogP contribution in [0.25, 0.3) is 0 Å². The van der Waals surface area contributed by atoms with E-state index in [0.29, 0.717) is 25.3 Å². The molecule has 0 aromatic heterocycles. The second-order valence-corrected chi connectivity index (χ2v) is 10.6. The van der Waals surface area contributed by atoms with Crippen LogP contribution in [0, 0.1) is 0 Å². The van der Waals surface area contributed by atoms with Gasteiger partial charge in [0, 0.05) is 12.0 Å². The molecule has 0 spiro atoms. The number of carbonyl (C=O) groups is 3. The quantitative estimate of drug-likeness (QED) is 0.481. The van der Waals surface area contributed by atoms with Crippen LogP contribution in [0.5, 0.6) is 0 Å². The van der Waals surface area contributed by atoms with Gasteiger partial charge in [-0.25, -0.2) is 4.79 Å². The van der Waals surface area contributed by atoms with Crippen LogP contribution in [0.4, 0.5) is 4.79 Å². The van der Waals surface area contributed by atoms with Gasteiger partial charge in [0.15, 0.2) is 0 Å². The van der Waals surface area contributed by atoms with Crippen LogP contribution in [-0.2, 0) is 9.59 Å². The van der Waals surface area contributed by atoms with Gasteiger partial charge < -0.3 is 20.5 Å². The third kappa shape index (κ3) is 2.21. The minimum atomic E-state index is -1.33. The number of fused-ring (bicyclic) bond motifs is 1. The summed E-state index contributed by atoms with van der Waals surface area (Å²) in [5, 5.41) is 11.2. The fourth-order valence-electron chi connectivity index (χ4n) is 3.72. The van der Waals surface area contributed by atoms with Gasteiger partial charge in [0.1, 0.15) is 18.5 Å². The number of likely N-dealkylation sites (N-methyl/N-ethyl adjacent to an activating group) is 1. The Morgan fingerprint density at radius 3 is 2.48 bits per heavy atom. The summed E-state index contributed by atoms with van der Waals surface area (Å²) < 4.78 is 0.766. The second-order valence-electron chi connectivity index (χ2n) is 6.64. The van der Waals surface area contributed by atoms with Crippen molar-refractivity contribution >= 4 is 28.1 Å². The van der Waals surface area contributed by atoms with E-state index in [1.54, 1.807) is 11.0 Å². The van der Waals surface area contributed by atoms with Gasteiger partial charge in [0.25, 0.3) is 0 Å². The van der Waals surface area contributed by atoms with Crippen LogP contribution in [0.3, 0.4) is 0 Å². The number of piperazine rings is 1. The number of primary amides is 1. The maximum absolute atomic E-state index is 11.9. The molecule has 2 saturated heterocycles. The highest BCUT2D eigenvalue weighted by Gasteiger charge is 2.57. The zero-order valence-electron chi connectivity index (χ0n) is 13.4. The van der Waals surface area contributed by atoms with E-state index in [9.17, 15) is 19.5 Å². The van der Waals surface area contributed by atoms with E-state index in [4.69, 9.17) is 5.73 Å². The number of hydrogen-bond donors (Lipinski definition) is 1. The monoisotopic (exact) mass is 342 g/mol. The lowest BCUT2D eigenvalue weighted by Gasteiger charge is -2.64. The van der Waals surface area contributed by atoms with Gasteiger partial charge in [-0.1, -0.05) is 10.2 Å². The van der Waals surface area contributed by atoms with Gasteiger partial charge in [-0.15, -0.1) is 0 Å². The molecule has 3 rings (SSSR count). The molecule has 23 heavy (non-hydrogen) atoms. The Balaban J connectivity index is 1.87. The standard InChI is InChI=1S/C14H22N4O4S/c1-18(6-4-16(5-7-18)14(15)22)23(2)8-3-10(13(20)21)17-11(19)9-12(17)23/h3,12H,4-9H2,1-2H3,(H2-,15,20,21,22). The van der Waals surface area contributed by atoms with E-state index in [-0.39, 0.29) is 17.0 Å². The largest absolute Gasteiger partial charge is 0.543 e. The first-order valence-corrected chi connectivity index (χ1v) is 9.80. The topological polar surface area (TPSA) is 107 Å². The van der Waals surface area contributed by atoms with Crippen LogP contribution in [0.1, 0.15) is 6.42 Å². The normalized spacial score (nSPS) is 35.5. The Hall–Kier alpha value is -1.74. The Kier molecular flexibility index (Phi) is 3.60. The van der Waals surface area contributed by atoms with Crippen molar-refractivity contribution in [2.75, 3.05) is 45.2 Å². The summed E-state index contributed by atoms with van der Waals surface area (Å²) >= 11 is 0. The summed E-state index contributed by atoms with van der Waals surface area (Å²) in [6, 6.07) is -0.403. The van der Waals surface area contributed by atoms with Gasteiger partial charge in [0.2, 0.25) is 5.91 Å². The number of hydrogen-bond acceptors (Lipinski definition) is 4. The van der Waals surface area contributed by atoms with E-state index >= 15 is 0 Å². The molecule has 0 aromatic carbocycles. The Morgan fingerprint density at radius 2 is 2.00 bits per heavy atom. The first-order chi connectivity index (χ1) is 10.7. The highest BCUT2D eigenvalue weighted by Crippen LogP contribution is 2.64. The van der Waals surface area contributed by atoms with E-state index in [2.05, 4.69) is 13.3 Å². The van der Waals surface area contributed by atoms with E-state index < -0.39 is 22.2 Å². The molecule has 0 saturated carbocycles. The number of aliphatic carboxylic acids is 1. The van der Waals surface area contributed by atoms with Crippen LogP contribution >= 0.6 is 10.2 Å². The van der Waals surface area contributed by atoms with Crippen LogP contribution in [0.15, 0.2) is 11.8 Å². The van der Waals surface area contributed by atoms with Crippen molar-refractivity contribution in [3.8, 4) is 0 Å². The molecule has 3 aliphatic heterocycles. The molecule has 9 heteroatoms. The Bertz CT molecular complexity index is 614. The summed E-state index contributed by atoms with van der Waals surface area (Å²) in [4.78, 5) is 37.5. The number of rotatable bonds is 2. The minimum absolute atomic E-state index is 0.0126. The Labute approximate surface area is 136 Å². The van der Waals surface area contributed by atoms with Crippen LogP contribution in [-0.4, -0.2) is 82.2 Å². The SMILES string of the molecule is C[N+]1(S2(C)CC=C(C(=O)[O-])N3C(=O)CC32)CCN(C(N)=O)CC1. The van der Waals surface area contributed by atoms with Crippen LogP contribution < -0.4 is 10.8 Å². The summed E-state index contributed by atoms with van der Waals surface area (Å²) in [7, 11) is 0.811. The molecule has 0 aliphatic carbocycles. The molecular weight excluding hydrogens is 320 g/mol. The molecule has 0 aromatic rings. The van der Waals surface area contributed by atoms with Gasteiger partial charge in [-0.3, -0.25) is 13.6 Å². The average Bonchev–Trinajstić information content (AvgIpc) is 2.48. The molecule has 3 heterocycles. The highest BCUT2D eigenvalue weighted by molar-refractivity contribution is 8.29. The summed E-state index contributed by atoms with van der Waals surface area (Å²) in [6.07, 6.45) is 4.21. The molecule has 0 bridgehead atoms. The fraction of sp³-hybridized carbons (Fsp3) is 0.643. The van der Waals surface area contributed by atoms with Gasteiger partial charge >= 0.3 is 6.03 Å². The number of amides is 3. The fourth-order valence-corrected chi connectivity index (χ4v) is 7.57. The van der Waals surface area contributed by atoms with Crippen molar-refractivity contribution in [3.05, 3.63) is 11.8 Å². The molecule has 2 atom stereocenters. The lowest BCUT2D eigenvalue weighted by atomic mass is 10.1. The molecule has 3 amide bonds. The molecule has 2 unspecified atom stereocenters. The average molecular weight is 342 g/mol. The summed E-state index contributed by atoms with van der Waals surface area (Å²) in [6.45, 7) is 2.71. The first-order valence-electron chi connectivity index (χ1n) is 7.57. The number of carboxylic acid groups (broad SMARTS) is 1. The minimum Gasteiger partial charge on any atom is -0.543 e. The summed E-state index contributed by atoms with van der Waals surface area (Å²) in [5.74, 6) is -0.783. The predicted octanol–water partition coefficient (Wildman–Crippen LogP) is -1.62. The maximum atomic E-state index is 11.9. The molecule has 128 valence electrons. The molecule has 0 radical (unpaired) electrons. The highest BCUT2D eigenvalue weighted by atomic mass is 32.3. The number of carboxylic acids is 1. The number of nitrogens with zero attached hydrogens (tertiary/aromatic N) is 3. The zero-order valence-corrected chi connectivity index (χ0v) is 14.2. The number of nitrogens with two attached hydrogens (primary N) is 1. The van der Waals surface area contributed by atoms with Crippen molar-refractivity contribution < 1.29 is 23.4 Å². The van der Waals surface area contributed by atoms with Gasteiger partial charge in [-0.05, 0) is 6.08 Å². The number of β-lactam (4-membered cyclic amide) rings is 1. The van der Waals surface area contributed by atoms with E-state index in [1.807, 2.05) is 0 Å². The van der Waals surface area contributed by atoms with Crippen molar-refractivity contribution in [1.29, 1.82) is 0 Å². The van der Waals surface area contributed by atoms with Crippen molar-refractivity contribution in [3.63, 3.8) is 0 Å². The lowest BCUT2D eigenvalue weighted by molar-refractivity contribution is -0.787. The molecule has 3 aliphatic rings. The summed E-state index contributed by atoms with van der Waals surface area (Å²) in [5.41, 5.74) is 5.36. The van der Waals surface area contributed by atoms with E-state index in [1.165, 1.54) is 4.90 Å². The van der Waals surface area contributed by atoms with Gasteiger partial charge in [0.05, 0.1) is 38.2 Å². The first kappa shape index (κ1) is 16.1. The van der Waals surface area contributed by atoms with Crippen molar-refractivity contribution in [2.45, 2.75) is 11.8 Å². The number of urea groups is 1. The third-order valence-electron chi connectivity index (χ3n) is 5.58. The molecule has 8 nitrogen and oxygen atoms in total. The smallest absolute Gasteiger partial charge is 0.315 e. The molecule has 2 fully saturated rings.